The standard InChI is InChI=1S/C23H26N4O4/c1-26(23(28)20-16-19(27(29)30)12-13-22(20)31-2)14-8-4-7-11-18-15-21(25-24-18)17-9-5-3-6-10-17/h3,5-6,9-10,12-13,15-16H,4,7-8,11,14H2,1-2H3,(H,24,25). The number of amides is 1. The third-order valence-corrected chi connectivity index (χ3v) is 5.11. The van der Waals surface area contributed by atoms with Crippen LogP contribution in [-0.4, -0.2) is 46.6 Å². The number of aromatic nitrogens is 2. The maximum atomic E-state index is 12.7. The van der Waals surface area contributed by atoms with Gasteiger partial charge >= 0.3 is 0 Å². The lowest BCUT2D eigenvalue weighted by atomic mass is 10.1. The van der Waals surface area contributed by atoms with Crippen LogP contribution in [0.4, 0.5) is 5.69 Å². The minimum Gasteiger partial charge on any atom is -0.496 e. The quantitative estimate of drug-likeness (QED) is 0.295. The number of unbranched alkanes of at least 4 members (excludes halogenated alkanes) is 2. The number of carbonyl (C=O) groups excluding carboxylic acids is 1. The first-order valence-electron chi connectivity index (χ1n) is 10.2. The molecule has 0 radical (unpaired) electrons. The van der Waals surface area contributed by atoms with E-state index in [1.807, 2.05) is 30.3 Å². The minimum absolute atomic E-state index is 0.132. The number of carbonyl (C=O) groups is 1. The van der Waals surface area contributed by atoms with Crippen molar-refractivity contribution in [2.24, 2.45) is 0 Å². The van der Waals surface area contributed by atoms with Crippen LogP contribution in [0.15, 0.2) is 54.6 Å². The van der Waals surface area contributed by atoms with E-state index in [2.05, 4.69) is 16.3 Å². The smallest absolute Gasteiger partial charge is 0.270 e. The van der Waals surface area contributed by atoms with Gasteiger partial charge < -0.3 is 9.64 Å². The fourth-order valence-electron chi connectivity index (χ4n) is 3.37. The van der Waals surface area contributed by atoms with Crippen molar-refractivity contribution in [3.63, 3.8) is 0 Å². The van der Waals surface area contributed by atoms with E-state index in [0.717, 1.165) is 42.6 Å². The Kier molecular flexibility index (Phi) is 7.37. The van der Waals surface area contributed by atoms with Crippen LogP contribution in [0.2, 0.25) is 0 Å². The maximum Gasteiger partial charge on any atom is 0.270 e. The summed E-state index contributed by atoms with van der Waals surface area (Å²) in [4.78, 5) is 24.8. The van der Waals surface area contributed by atoms with Gasteiger partial charge in [-0.25, -0.2) is 0 Å². The normalized spacial score (nSPS) is 10.6. The number of nitrogens with zero attached hydrogens (tertiary/aromatic N) is 3. The summed E-state index contributed by atoms with van der Waals surface area (Å²) in [7, 11) is 3.14. The van der Waals surface area contributed by atoms with Crippen molar-refractivity contribution in [3.8, 4) is 17.0 Å². The van der Waals surface area contributed by atoms with Gasteiger partial charge in [-0.1, -0.05) is 36.8 Å². The number of benzene rings is 2. The number of hydrogen-bond acceptors (Lipinski definition) is 5. The molecule has 1 aromatic heterocycles. The lowest BCUT2D eigenvalue weighted by Crippen LogP contribution is -2.28. The Morgan fingerprint density at radius 3 is 2.61 bits per heavy atom. The van der Waals surface area contributed by atoms with Gasteiger partial charge in [0.05, 0.1) is 23.3 Å². The second-order valence-electron chi connectivity index (χ2n) is 7.32. The first-order valence-corrected chi connectivity index (χ1v) is 10.2. The van der Waals surface area contributed by atoms with E-state index in [0.29, 0.717) is 12.3 Å². The Morgan fingerprint density at radius 2 is 1.90 bits per heavy atom. The molecule has 3 rings (SSSR count). The fourth-order valence-corrected chi connectivity index (χ4v) is 3.37. The molecule has 8 heteroatoms. The summed E-state index contributed by atoms with van der Waals surface area (Å²) < 4.78 is 5.20. The summed E-state index contributed by atoms with van der Waals surface area (Å²) in [5.74, 6) is 0.0394. The molecule has 0 saturated heterocycles. The highest BCUT2D eigenvalue weighted by Crippen LogP contribution is 2.25. The Hall–Kier alpha value is -3.68. The second kappa shape index (κ2) is 10.4. The average molecular weight is 422 g/mol. The van der Waals surface area contributed by atoms with Gasteiger partial charge in [-0.15, -0.1) is 0 Å². The molecule has 0 aliphatic rings. The first-order chi connectivity index (χ1) is 15.0. The highest BCUT2D eigenvalue weighted by molar-refractivity contribution is 5.97. The number of nitro groups is 1. The van der Waals surface area contributed by atoms with Crippen LogP contribution in [-0.2, 0) is 6.42 Å². The number of nitro benzene ring substituents is 1. The Bertz CT molecular complexity index is 1030. The molecule has 0 saturated carbocycles. The molecule has 0 spiro atoms. The highest BCUT2D eigenvalue weighted by atomic mass is 16.6. The molecule has 1 heterocycles. The van der Waals surface area contributed by atoms with Gasteiger partial charge in [0.2, 0.25) is 0 Å². The van der Waals surface area contributed by atoms with E-state index < -0.39 is 4.92 Å². The van der Waals surface area contributed by atoms with Gasteiger partial charge in [-0.05, 0) is 31.4 Å². The van der Waals surface area contributed by atoms with E-state index >= 15 is 0 Å². The van der Waals surface area contributed by atoms with Crippen molar-refractivity contribution in [2.75, 3.05) is 20.7 Å². The number of aromatic amines is 1. The molecular weight excluding hydrogens is 396 g/mol. The topological polar surface area (TPSA) is 101 Å². The molecule has 0 bridgehead atoms. The minimum atomic E-state index is -0.519. The van der Waals surface area contributed by atoms with E-state index in [1.54, 1.807) is 11.9 Å². The molecule has 0 aliphatic heterocycles. The molecular formula is C23H26N4O4. The predicted octanol–water partition coefficient (Wildman–Crippen LogP) is 4.48. The zero-order chi connectivity index (χ0) is 22.2. The number of H-pyrrole nitrogens is 1. The Balaban J connectivity index is 1.47. The van der Waals surface area contributed by atoms with E-state index in [4.69, 9.17) is 4.74 Å². The van der Waals surface area contributed by atoms with Crippen molar-refractivity contribution in [1.29, 1.82) is 0 Å². The van der Waals surface area contributed by atoms with E-state index in [9.17, 15) is 14.9 Å². The van der Waals surface area contributed by atoms with Crippen LogP contribution in [0.25, 0.3) is 11.3 Å². The lowest BCUT2D eigenvalue weighted by molar-refractivity contribution is -0.384. The monoisotopic (exact) mass is 422 g/mol. The van der Waals surface area contributed by atoms with Crippen LogP contribution in [0.1, 0.15) is 35.3 Å². The summed E-state index contributed by atoms with van der Waals surface area (Å²) in [5, 5.41) is 18.5. The van der Waals surface area contributed by atoms with Gasteiger partial charge in [0.25, 0.3) is 11.6 Å². The van der Waals surface area contributed by atoms with Crippen molar-refractivity contribution in [1.82, 2.24) is 15.1 Å². The summed E-state index contributed by atoms with van der Waals surface area (Å²) in [6, 6.07) is 16.1. The predicted molar refractivity (Wildman–Crippen MR) is 118 cm³/mol. The lowest BCUT2D eigenvalue weighted by Gasteiger charge is -2.18. The second-order valence-corrected chi connectivity index (χ2v) is 7.32. The number of ether oxygens (including phenoxy) is 1. The van der Waals surface area contributed by atoms with E-state index in [1.165, 1.54) is 25.3 Å². The number of aryl methyl sites for hydroxylation is 1. The molecule has 1 N–H and O–H groups in total. The third-order valence-electron chi connectivity index (χ3n) is 5.11. The van der Waals surface area contributed by atoms with Crippen molar-refractivity contribution >= 4 is 11.6 Å². The summed E-state index contributed by atoms with van der Waals surface area (Å²) in [6.45, 7) is 0.558. The largest absolute Gasteiger partial charge is 0.496 e. The Labute approximate surface area is 181 Å². The van der Waals surface area contributed by atoms with Crippen LogP contribution >= 0.6 is 0 Å². The van der Waals surface area contributed by atoms with Crippen molar-refractivity contribution < 1.29 is 14.5 Å². The van der Waals surface area contributed by atoms with Gasteiger partial charge in [-0.2, -0.15) is 5.10 Å². The maximum absolute atomic E-state index is 12.7. The molecule has 0 unspecified atom stereocenters. The van der Waals surface area contributed by atoms with Crippen molar-refractivity contribution in [2.45, 2.75) is 25.7 Å². The fraction of sp³-hybridized carbons (Fsp3) is 0.304. The molecule has 1 amide bonds. The van der Waals surface area contributed by atoms with Gasteiger partial charge in [0.1, 0.15) is 5.75 Å². The molecule has 31 heavy (non-hydrogen) atoms. The number of rotatable bonds is 10. The number of nitrogens with one attached hydrogen (secondary N) is 1. The molecule has 2 aromatic carbocycles. The van der Waals surface area contributed by atoms with Crippen LogP contribution in [0, 0.1) is 10.1 Å². The number of hydrogen-bond donors (Lipinski definition) is 1. The summed E-state index contributed by atoms with van der Waals surface area (Å²) in [6.07, 6.45) is 3.64. The van der Waals surface area contributed by atoms with Gasteiger partial charge in [0, 0.05) is 37.0 Å². The van der Waals surface area contributed by atoms with E-state index in [-0.39, 0.29) is 17.2 Å². The zero-order valence-electron chi connectivity index (χ0n) is 17.7. The van der Waals surface area contributed by atoms with Gasteiger partial charge in [0.15, 0.2) is 0 Å². The number of methoxy groups -OCH3 is 1. The highest BCUT2D eigenvalue weighted by Gasteiger charge is 2.20. The Morgan fingerprint density at radius 1 is 1.13 bits per heavy atom. The first kappa shape index (κ1) is 22.0. The third kappa shape index (κ3) is 5.69. The molecule has 0 aliphatic carbocycles. The SMILES string of the molecule is COc1ccc([N+](=O)[O-])cc1C(=O)N(C)CCCCCc1cc(-c2ccccc2)n[nH]1. The number of non-ortho nitro benzene ring substituents is 1. The van der Waals surface area contributed by atoms with Crippen LogP contribution in [0.5, 0.6) is 5.75 Å². The molecule has 0 fully saturated rings. The molecule has 0 atom stereocenters. The summed E-state index contributed by atoms with van der Waals surface area (Å²) >= 11 is 0. The zero-order valence-corrected chi connectivity index (χ0v) is 17.7. The van der Waals surface area contributed by atoms with Gasteiger partial charge in [-0.3, -0.25) is 20.0 Å². The summed E-state index contributed by atoms with van der Waals surface area (Å²) in [5.41, 5.74) is 3.18. The molecule has 8 nitrogen and oxygen atoms in total. The van der Waals surface area contributed by atoms with Crippen LogP contribution in [0.3, 0.4) is 0 Å². The molecule has 3 aromatic rings. The van der Waals surface area contributed by atoms with Crippen molar-refractivity contribution in [3.05, 3.63) is 76.0 Å². The average Bonchev–Trinajstić information content (AvgIpc) is 3.27. The van der Waals surface area contributed by atoms with Crippen LogP contribution < -0.4 is 4.74 Å². The molecule has 162 valence electrons.